The van der Waals surface area contributed by atoms with Crippen LogP contribution in [0.1, 0.15) is 11.1 Å². The van der Waals surface area contributed by atoms with Gasteiger partial charge in [-0.25, -0.2) is 8.32 Å². The Kier molecular flexibility index (Phi) is 13.4. The smallest absolute Gasteiger partial charge is 0.336 e. The van der Waals surface area contributed by atoms with Crippen molar-refractivity contribution in [1.82, 2.24) is 4.86 Å². The fourth-order valence-electron chi connectivity index (χ4n) is 2.84. The quantitative estimate of drug-likeness (QED) is 0.0689. The summed E-state index contributed by atoms with van der Waals surface area (Å²) in [5, 5.41) is 36.5. The summed E-state index contributed by atoms with van der Waals surface area (Å²) in [6, 6.07) is 19.7. The van der Waals surface area contributed by atoms with E-state index >= 15 is 0 Å². The Morgan fingerprint density at radius 2 is 1.27 bits per heavy atom. The van der Waals surface area contributed by atoms with Crippen LogP contribution in [-0.4, -0.2) is 43.3 Å². The van der Waals surface area contributed by atoms with E-state index in [0.717, 1.165) is 11.1 Å². The molecule has 0 aliphatic rings. The molecule has 0 bridgehead atoms. The highest BCUT2D eigenvalue weighted by Crippen LogP contribution is 2.36. The van der Waals surface area contributed by atoms with Crippen molar-refractivity contribution in [3.63, 3.8) is 0 Å². The highest BCUT2D eigenvalue weighted by atomic mass is 127. The normalized spacial score (nSPS) is 13.1. The SMILES string of the molecule is O=C(O)[C@H](Cc1ccc(O)cc1)NI.O=C(O)[C@](I)(Cc1ccc(Oc2ccc(O)cc2)cc1)N(I)I. The van der Waals surface area contributed by atoms with Gasteiger partial charge in [0, 0.05) is 75.0 Å². The Hall–Kier alpha value is -1.16. The predicted molar refractivity (Wildman–Crippen MR) is 173 cm³/mol. The number of nitrogens with one attached hydrogen (secondary N) is 1. The molecule has 5 N–H and O–H groups in total. The third kappa shape index (κ3) is 10.5. The van der Waals surface area contributed by atoms with Gasteiger partial charge in [0.1, 0.15) is 29.0 Å². The van der Waals surface area contributed by atoms with E-state index in [2.05, 4.69) is 3.53 Å². The maximum absolute atomic E-state index is 11.5. The van der Waals surface area contributed by atoms with Gasteiger partial charge in [0.15, 0.2) is 3.55 Å². The number of halogens is 4. The zero-order chi connectivity index (χ0) is 27.6. The zero-order valence-corrected chi connectivity index (χ0v) is 27.5. The topological polar surface area (TPSA) is 140 Å². The summed E-state index contributed by atoms with van der Waals surface area (Å²) < 4.78 is 8.96. The van der Waals surface area contributed by atoms with Crippen molar-refractivity contribution in [3.05, 3.63) is 83.9 Å². The number of aliphatic carboxylic acids is 2. The summed E-state index contributed by atoms with van der Waals surface area (Å²) in [7, 11) is 0. The number of nitrogens with zero attached hydrogens (tertiary/aromatic N) is 1. The summed E-state index contributed by atoms with van der Waals surface area (Å²) in [5.74, 6) is -0.131. The van der Waals surface area contributed by atoms with E-state index in [4.69, 9.17) is 14.9 Å². The van der Waals surface area contributed by atoms with Crippen LogP contribution >= 0.6 is 91.2 Å². The van der Waals surface area contributed by atoms with Crippen molar-refractivity contribution in [3.8, 4) is 23.0 Å². The first-order chi connectivity index (χ1) is 17.4. The lowest BCUT2D eigenvalue weighted by molar-refractivity contribution is -0.140. The van der Waals surface area contributed by atoms with Gasteiger partial charge >= 0.3 is 11.9 Å². The number of alkyl halides is 1. The molecule has 198 valence electrons. The molecule has 0 fully saturated rings. The first-order valence-corrected chi connectivity index (χ1v) is 14.5. The number of hydrogen-bond acceptors (Lipinski definition) is 7. The van der Waals surface area contributed by atoms with E-state index in [1.807, 2.05) is 103 Å². The maximum Gasteiger partial charge on any atom is 0.336 e. The molecule has 3 aromatic rings. The fraction of sp³-hybridized carbons (Fsp3) is 0.167. The highest BCUT2D eigenvalue weighted by molar-refractivity contribution is 14.2. The minimum absolute atomic E-state index is 0.182. The molecule has 0 heterocycles. The van der Waals surface area contributed by atoms with E-state index in [-0.39, 0.29) is 11.5 Å². The van der Waals surface area contributed by atoms with E-state index in [9.17, 15) is 19.8 Å². The van der Waals surface area contributed by atoms with Crippen molar-refractivity contribution in [2.45, 2.75) is 22.4 Å². The van der Waals surface area contributed by atoms with Crippen LogP contribution in [0.25, 0.3) is 0 Å². The minimum atomic E-state index is -1.02. The summed E-state index contributed by atoms with van der Waals surface area (Å²) in [4.78, 5) is 22.2. The molecule has 37 heavy (non-hydrogen) atoms. The van der Waals surface area contributed by atoms with E-state index in [1.54, 1.807) is 62.0 Å². The van der Waals surface area contributed by atoms with Gasteiger partial charge in [-0.3, -0.25) is 4.79 Å². The van der Waals surface area contributed by atoms with E-state index in [0.29, 0.717) is 24.3 Å². The van der Waals surface area contributed by atoms with Crippen molar-refractivity contribution in [2.75, 3.05) is 0 Å². The monoisotopic (exact) mass is 958 g/mol. The minimum Gasteiger partial charge on any atom is -0.508 e. The second-order valence-corrected chi connectivity index (χ2v) is 13.8. The third-order valence-electron chi connectivity index (χ3n) is 4.84. The number of ether oxygens (including phenoxy) is 1. The summed E-state index contributed by atoms with van der Waals surface area (Å²) in [6.45, 7) is 0. The number of hydrogen-bond donors (Lipinski definition) is 5. The van der Waals surface area contributed by atoms with Crippen LogP contribution in [0.15, 0.2) is 72.8 Å². The summed E-state index contributed by atoms with van der Waals surface area (Å²) in [6.07, 6.45) is 0.771. The standard InChI is InChI=1S/C15H12I3NO4.C9H10INO3/c16-15(14(21)22,19(17)18)9-10-1-5-12(6-2-10)23-13-7-3-11(20)4-8-13;10-11-8(9(13)14)5-6-1-3-7(12)4-2-6/h1-8,20H,9H2,(H,21,22);1-4,8,11-12H,5H2,(H,13,14)/t15-;8-/m00/s1. The number of benzene rings is 3. The first kappa shape index (κ1) is 32.1. The van der Waals surface area contributed by atoms with Crippen LogP contribution in [0.5, 0.6) is 23.0 Å². The Labute approximate surface area is 269 Å². The molecule has 0 saturated carbocycles. The van der Waals surface area contributed by atoms with Crippen molar-refractivity contribution in [1.29, 1.82) is 0 Å². The van der Waals surface area contributed by atoms with Gasteiger partial charge in [0.2, 0.25) is 0 Å². The second kappa shape index (κ2) is 15.4. The lowest BCUT2D eigenvalue weighted by Gasteiger charge is -2.26. The first-order valence-electron chi connectivity index (χ1n) is 10.4. The molecule has 3 rings (SSSR count). The molecule has 2 atom stereocenters. The molecule has 3 aromatic carbocycles. The molecule has 13 heteroatoms. The Morgan fingerprint density at radius 3 is 1.68 bits per heavy atom. The van der Waals surface area contributed by atoms with Gasteiger partial charge in [-0.05, 0) is 88.7 Å². The summed E-state index contributed by atoms with van der Waals surface area (Å²) >= 11 is 7.71. The van der Waals surface area contributed by atoms with Crippen LogP contribution in [0.3, 0.4) is 0 Å². The Bertz CT molecular complexity index is 1160. The van der Waals surface area contributed by atoms with Crippen molar-refractivity contribution < 1.29 is 34.8 Å². The number of carboxylic acid groups (broad SMARTS) is 2. The summed E-state index contributed by atoms with van der Waals surface area (Å²) in [5.41, 5.74) is 1.78. The van der Waals surface area contributed by atoms with Crippen LogP contribution in [0, 0.1) is 0 Å². The molecular weight excluding hydrogens is 936 g/mol. The average Bonchev–Trinajstić information content (AvgIpc) is 2.86. The molecular formula is C24H22I4N2O7. The van der Waals surface area contributed by atoms with E-state index in [1.165, 1.54) is 0 Å². The number of phenols is 2. The van der Waals surface area contributed by atoms with Gasteiger partial charge in [-0.15, -0.1) is 0 Å². The number of aromatic hydroxyl groups is 2. The van der Waals surface area contributed by atoms with Crippen molar-refractivity contribution in [2.24, 2.45) is 0 Å². The lowest BCUT2D eigenvalue weighted by Crippen LogP contribution is -2.41. The van der Waals surface area contributed by atoms with Gasteiger partial charge in [-0.1, -0.05) is 24.3 Å². The molecule has 0 aromatic heterocycles. The number of carboxylic acids is 2. The van der Waals surface area contributed by atoms with Crippen LogP contribution < -0.4 is 8.27 Å². The number of rotatable bonds is 10. The second-order valence-electron chi connectivity index (χ2n) is 7.58. The molecule has 0 radical (unpaired) electrons. The third-order valence-corrected chi connectivity index (χ3v) is 10.4. The van der Waals surface area contributed by atoms with Gasteiger partial charge in [0.25, 0.3) is 0 Å². The van der Waals surface area contributed by atoms with Gasteiger partial charge in [0.05, 0.1) is 0 Å². The van der Waals surface area contributed by atoms with Gasteiger partial charge in [-0.2, -0.15) is 1.33 Å². The van der Waals surface area contributed by atoms with Gasteiger partial charge < -0.3 is 25.2 Å². The molecule has 0 saturated heterocycles. The Morgan fingerprint density at radius 1 is 0.838 bits per heavy atom. The number of phenolic OH excluding ortho intramolecular Hbond substituents is 2. The Balaban J connectivity index is 0.000000294. The van der Waals surface area contributed by atoms with Crippen LogP contribution in [0.4, 0.5) is 0 Å². The van der Waals surface area contributed by atoms with Crippen LogP contribution in [-0.2, 0) is 22.4 Å². The molecule has 0 aliphatic carbocycles. The van der Waals surface area contributed by atoms with Crippen LogP contribution in [0.2, 0.25) is 0 Å². The fourth-order valence-corrected chi connectivity index (χ4v) is 4.52. The van der Waals surface area contributed by atoms with Crippen molar-refractivity contribution >= 4 is 103 Å². The molecule has 9 nitrogen and oxygen atoms in total. The zero-order valence-electron chi connectivity index (χ0n) is 18.9. The lowest BCUT2D eigenvalue weighted by atomic mass is 10.1. The average molecular weight is 958 g/mol. The molecule has 0 amide bonds. The molecule has 0 aliphatic heterocycles. The highest BCUT2D eigenvalue weighted by Gasteiger charge is 2.40. The van der Waals surface area contributed by atoms with E-state index < -0.39 is 21.5 Å². The number of carbonyl (C=O) groups is 2. The largest absolute Gasteiger partial charge is 0.508 e. The predicted octanol–water partition coefficient (Wildman–Crippen LogP) is 6.27. The maximum atomic E-state index is 11.5. The molecule has 0 unspecified atom stereocenters. The molecule has 0 spiro atoms.